The number of aliphatic hydroxyl groups is 2. The first-order chi connectivity index (χ1) is 16.0. The van der Waals surface area contributed by atoms with Gasteiger partial charge in [-0.05, 0) is 62.8 Å². The van der Waals surface area contributed by atoms with Crippen LogP contribution in [0.25, 0.3) is 0 Å². The molecule has 0 aliphatic heterocycles. The molecular weight excluding hydrogens is 412 g/mol. The van der Waals surface area contributed by atoms with Crippen LogP contribution >= 0.6 is 0 Å². The fraction of sp³-hybridized carbons (Fsp3) is 0.621. The highest BCUT2D eigenvalue weighted by molar-refractivity contribution is 5.75. The van der Waals surface area contributed by atoms with Gasteiger partial charge in [0.2, 0.25) is 0 Å². The van der Waals surface area contributed by atoms with E-state index in [0.29, 0.717) is 12.3 Å². The number of carbonyl (C=O) groups is 1. The lowest BCUT2D eigenvalue weighted by molar-refractivity contribution is -0.139. The first-order valence-corrected chi connectivity index (χ1v) is 12.7. The largest absolute Gasteiger partial charge is 0.481 e. The van der Waals surface area contributed by atoms with Crippen LogP contribution in [-0.4, -0.2) is 33.5 Å². The molecule has 4 heteroatoms. The van der Waals surface area contributed by atoms with Gasteiger partial charge in [0.15, 0.2) is 0 Å². The molecule has 0 bridgehead atoms. The Morgan fingerprint density at radius 1 is 1.18 bits per heavy atom. The zero-order chi connectivity index (χ0) is 23.7. The van der Waals surface area contributed by atoms with Crippen LogP contribution in [0.15, 0.2) is 42.5 Å². The van der Waals surface area contributed by atoms with Crippen molar-refractivity contribution in [3.8, 4) is 11.8 Å². The van der Waals surface area contributed by atoms with Gasteiger partial charge in [0, 0.05) is 11.8 Å². The Morgan fingerprint density at radius 2 is 1.94 bits per heavy atom. The van der Waals surface area contributed by atoms with E-state index in [1.807, 2.05) is 43.3 Å². The Balaban J connectivity index is 1.46. The summed E-state index contributed by atoms with van der Waals surface area (Å²) in [4.78, 5) is 11.7. The van der Waals surface area contributed by atoms with E-state index in [0.717, 1.165) is 69.8 Å². The minimum Gasteiger partial charge on any atom is -0.481 e. The van der Waals surface area contributed by atoms with Crippen molar-refractivity contribution >= 4 is 5.97 Å². The molecule has 5 atom stereocenters. The van der Waals surface area contributed by atoms with Crippen LogP contribution in [0.4, 0.5) is 0 Å². The quantitative estimate of drug-likeness (QED) is 0.216. The molecule has 0 radical (unpaired) electrons. The Kier molecular flexibility index (Phi) is 9.59. The summed E-state index contributed by atoms with van der Waals surface area (Å²) in [6.45, 7) is 1.85. The molecule has 2 unspecified atom stereocenters. The van der Waals surface area contributed by atoms with E-state index in [4.69, 9.17) is 0 Å². The standard InChI is InChI=1S/C29H40O4/c1-2-3-19-29(20-10-21-29)27(31)18-16-23-15-17-26(30)24(23)13-8-5-9-14-25(28(32)33)22-11-6-4-7-12-22/h4,6-7,11-12,16,18,23-27,30-31H,5,8-10,13-15,17,19-21H2,1H3,(H,32,33)/t23-,24-,25?,26+,27?/m1/s1. The van der Waals surface area contributed by atoms with Crippen LogP contribution in [0, 0.1) is 29.1 Å². The molecule has 1 aromatic rings. The van der Waals surface area contributed by atoms with Crippen molar-refractivity contribution in [1.29, 1.82) is 0 Å². The van der Waals surface area contributed by atoms with Crippen molar-refractivity contribution in [1.82, 2.24) is 0 Å². The van der Waals surface area contributed by atoms with Gasteiger partial charge in [0.1, 0.15) is 0 Å². The van der Waals surface area contributed by atoms with Gasteiger partial charge in [-0.25, -0.2) is 0 Å². The highest BCUT2D eigenvalue weighted by atomic mass is 16.4. The van der Waals surface area contributed by atoms with E-state index in [1.54, 1.807) is 0 Å². The van der Waals surface area contributed by atoms with E-state index >= 15 is 0 Å². The Morgan fingerprint density at radius 3 is 2.58 bits per heavy atom. The Bertz CT molecular complexity index is 830. The van der Waals surface area contributed by atoms with Crippen LogP contribution in [0.2, 0.25) is 0 Å². The molecule has 4 nitrogen and oxygen atoms in total. The number of carboxylic acid groups (broad SMARTS) is 1. The monoisotopic (exact) mass is 452 g/mol. The van der Waals surface area contributed by atoms with Gasteiger partial charge in [-0.3, -0.25) is 4.79 Å². The molecule has 3 N–H and O–H groups in total. The van der Waals surface area contributed by atoms with Gasteiger partial charge in [-0.1, -0.05) is 68.2 Å². The second kappa shape index (κ2) is 12.4. The summed E-state index contributed by atoms with van der Waals surface area (Å²) in [5, 5.41) is 30.9. The summed E-state index contributed by atoms with van der Waals surface area (Å²) in [6, 6.07) is 9.47. The van der Waals surface area contributed by atoms with Crippen LogP contribution in [0.3, 0.4) is 0 Å². The average Bonchev–Trinajstić information content (AvgIpc) is 3.13. The maximum absolute atomic E-state index is 11.7. The zero-order valence-electron chi connectivity index (χ0n) is 20.0. The third kappa shape index (κ3) is 6.71. The molecule has 2 aliphatic rings. The van der Waals surface area contributed by atoms with Crippen LogP contribution in [0.5, 0.6) is 0 Å². The van der Waals surface area contributed by atoms with E-state index in [9.17, 15) is 20.1 Å². The summed E-state index contributed by atoms with van der Waals surface area (Å²) in [7, 11) is 0. The number of rotatable bonds is 12. The topological polar surface area (TPSA) is 77.8 Å². The number of aliphatic carboxylic acids is 1. The van der Waals surface area contributed by atoms with Gasteiger partial charge in [0.05, 0.1) is 18.1 Å². The number of allylic oxidation sites excluding steroid dienone is 1. The van der Waals surface area contributed by atoms with E-state index in [-0.39, 0.29) is 17.4 Å². The van der Waals surface area contributed by atoms with Gasteiger partial charge in [-0.15, -0.1) is 11.8 Å². The molecule has 0 aromatic heterocycles. The number of hydrogen-bond acceptors (Lipinski definition) is 3. The molecule has 0 heterocycles. The number of benzene rings is 1. The van der Waals surface area contributed by atoms with Crippen molar-refractivity contribution in [3.05, 3.63) is 48.0 Å². The van der Waals surface area contributed by atoms with E-state index < -0.39 is 18.0 Å². The molecule has 2 fully saturated rings. The average molecular weight is 453 g/mol. The smallest absolute Gasteiger partial charge is 0.310 e. The number of aliphatic hydroxyl groups excluding tert-OH is 2. The van der Waals surface area contributed by atoms with E-state index in [1.165, 1.54) is 0 Å². The molecule has 2 saturated carbocycles. The van der Waals surface area contributed by atoms with Crippen molar-refractivity contribution in [3.63, 3.8) is 0 Å². The normalized spacial score (nSPS) is 25.7. The number of carboxylic acids is 1. The second-order valence-electron chi connectivity index (χ2n) is 10.1. The minimum atomic E-state index is -0.759. The minimum absolute atomic E-state index is 0.0777. The molecule has 180 valence electrons. The van der Waals surface area contributed by atoms with Gasteiger partial charge in [-0.2, -0.15) is 0 Å². The fourth-order valence-electron chi connectivity index (χ4n) is 5.67. The molecule has 0 amide bonds. The zero-order valence-corrected chi connectivity index (χ0v) is 20.0. The lowest BCUT2D eigenvalue weighted by Crippen LogP contribution is -2.40. The lowest BCUT2D eigenvalue weighted by Gasteiger charge is -2.43. The van der Waals surface area contributed by atoms with Crippen LogP contribution < -0.4 is 0 Å². The highest BCUT2D eigenvalue weighted by Crippen LogP contribution is 2.47. The van der Waals surface area contributed by atoms with Crippen molar-refractivity contribution in [2.45, 2.75) is 95.7 Å². The molecule has 0 spiro atoms. The molecule has 2 aliphatic carbocycles. The number of unbranched alkanes of at least 4 members (excludes halogenated alkanes) is 2. The molecular formula is C29H40O4. The number of hydrogen-bond donors (Lipinski definition) is 3. The van der Waals surface area contributed by atoms with Crippen LogP contribution in [-0.2, 0) is 4.79 Å². The van der Waals surface area contributed by atoms with E-state index in [2.05, 4.69) is 17.9 Å². The first-order valence-electron chi connectivity index (χ1n) is 12.7. The maximum atomic E-state index is 11.7. The second-order valence-corrected chi connectivity index (χ2v) is 10.1. The summed E-state index contributed by atoms with van der Waals surface area (Å²) in [5.41, 5.74) is 0.792. The SMILES string of the molecule is CC#CCC1(C(O)C=C[C@H]2CC[C@H](O)[C@@H]2CCCCCC(C(=O)O)c2ccccc2)CCC1. The summed E-state index contributed by atoms with van der Waals surface area (Å²) in [5.74, 6) is 5.45. The predicted molar refractivity (Wildman–Crippen MR) is 132 cm³/mol. The summed E-state index contributed by atoms with van der Waals surface area (Å²) >= 11 is 0. The molecule has 33 heavy (non-hydrogen) atoms. The molecule has 1 aromatic carbocycles. The first kappa shape index (κ1) is 25.5. The van der Waals surface area contributed by atoms with Gasteiger partial charge < -0.3 is 15.3 Å². The summed E-state index contributed by atoms with van der Waals surface area (Å²) in [6.07, 6.45) is 13.6. The highest BCUT2D eigenvalue weighted by Gasteiger charge is 2.42. The third-order valence-electron chi connectivity index (χ3n) is 8.00. The predicted octanol–water partition coefficient (Wildman–Crippen LogP) is 5.69. The lowest BCUT2D eigenvalue weighted by atomic mass is 9.63. The molecule has 3 rings (SSSR count). The van der Waals surface area contributed by atoms with Crippen LogP contribution in [0.1, 0.15) is 89.0 Å². The van der Waals surface area contributed by atoms with Gasteiger partial charge in [0.25, 0.3) is 0 Å². The van der Waals surface area contributed by atoms with Crippen molar-refractivity contribution in [2.24, 2.45) is 17.3 Å². The maximum Gasteiger partial charge on any atom is 0.310 e. The Hall–Kier alpha value is -2.09. The summed E-state index contributed by atoms with van der Waals surface area (Å²) < 4.78 is 0. The fourth-order valence-corrected chi connectivity index (χ4v) is 5.67. The third-order valence-corrected chi connectivity index (χ3v) is 8.00. The van der Waals surface area contributed by atoms with Crippen molar-refractivity contribution in [2.75, 3.05) is 0 Å². The Labute approximate surface area is 199 Å². The molecule has 0 saturated heterocycles. The van der Waals surface area contributed by atoms with Gasteiger partial charge >= 0.3 is 5.97 Å². The van der Waals surface area contributed by atoms with Crippen molar-refractivity contribution < 1.29 is 20.1 Å².